The van der Waals surface area contributed by atoms with E-state index < -0.39 is 17.6 Å². The van der Waals surface area contributed by atoms with Crippen LogP contribution < -0.4 is 16.4 Å². The summed E-state index contributed by atoms with van der Waals surface area (Å²) in [5.74, 6) is -0.979. The second-order valence-corrected chi connectivity index (χ2v) is 11.1. The lowest BCUT2D eigenvalue weighted by Crippen LogP contribution is -2.27. The number of anilines is 2. The lowest BCUT2D eigenvalue weighted by Gasteiger charge is -2.19. The summed E-state index contributed by atoms with van der Waals surface area (Å²) in [7, 11) is 0. The first-order chi connectivity index (χ1) is 17.0. The van der Waals surface area contributed by atoms with Crippen LogP contribution in [0.1, 0.15) is 65.5 Å². The highest BCUT2D eigenvalue weighted by atomic mass is 32.1. The number of carbonyl (C=O) groups excluding carboxylic acids is 3. The number of nitrogens with one attached hydrogen (secondary N) is 2. The number of ether oxygens (including phenoxy) is 1. The summed E-state index contributed by atoms with van der Waals surface area (Å²) < 4.78 is 6.13. The maximum Gasteiger partial charge on any atom is 0.412 e. The van der Waals surface area contributed by atoms with Crippen molar-refractivity contribution in [3.63, 3.8) is 0 Å². The van der Waals surface area contributed by atoms with E-state index in [9.17, 15) is 14.4 Å². The number of amides is 3. The quantitative estimate of drug-likeness (QED) is 0.407. The fourth-order valence-electron chi connectivity index (χ4n) is 4.33. The third kappa shape index (κ3) is 6.03. The molecule has 1 aliphatic heterocycles. The van der Waals surface area contributed by atoms with Gasteiger partial charge in [0, 0.05) is 27.9 Å². The predicted molar refractivity (Wildman–Crippen MR) is 144 cm³/mol. The summed E-state index contributed by atoms with van der Waals surface area (Å²) in [5, 5.41) is 6.51. The van der Waals surface area contributed by atoms with Crippen LogP contribution in [0.4, 0.5) is 15.5 Å². The van der Waals surface area contributed by atoms with Crippen LogP contribution >= 0.6 is 11.3 Å². The van der Waals surface area contributed by atoms with Gasteiger partial charge in [0.2, 0.25) is 0 Å². The number of nitrogens with two attached hydrogens (primary N) is 1. The average Bonchev–Trinajstić information content (AvgIpc) is 3.40. The Balaban J connectivity index is 1.56. The molecule has 0 saturated carbocycles. The minimum atomic E-state index is -0.661. The smallest absolute Gasteiger partial charge is 0.412 e. The minimum Gasteiger partial charge on any atom is -0.444 e. The van der Waals surface area contributed by atoms with Crippen LogP contribution in [0.2, 0.25) is 0 Å². The molecule has 1 aromatic heterocycles. The van der Waals surface area contributed by atoms with E-state index in [-0.39, 0.29) is 11.5 Å². The fraction of sp³-hybridized carbons (Fsp3) is 0.370. The topological polar surface area (TPSA) is 114 Å². The van der Waals surface area contributed by atoms with Gasteiger partial charge in [0.25, 0.3) is 11.8 Å². The molecule has 1 saturated heterocycles. The number of thiophene rings is 1. The highest BCUT2D eigenvalue weighted by Gasteiger charge is 2.22. The molecule has 2 heterocycles. The Morgan fingerprint density at radius 1 is 1.06 bits per heavy atom. The van der Waals surface area contributed by atoms with Gasteiger partial charge in [0.1, 0.15) is 10.6 Å². The van der Waals surface area contributed by atoms with Crippen molar-refractivity contribution < 1.29 is 19.1 Å². The zero-order valence-electron chi connectivity index (χ0n) is 21.1. The Labute approximate surface area is 214 Å². The third-order valence-electron chi connectivity index (χ3n) is 5.91. The molecule has 3 aromatic rings. The van der Waals surface area contributed by atoms with Crippen molar-refractivity contribution in [1.82, 2.24) is 4.90 Å². The van der Waals surface area contributed by atoms with Crippen LogP contribution in [0.25, 0.3) is 10.1 Å². The first kappa shape index (κ1) is 25.7. The van der Waals surface area contributed by atoms with Crippen molar-refractivity contribution >= 4 is 50.0 Å². The van der Waals surface area contributed by atoms with Crippen LogP contribution in [0, 0.1) is 6.92 Å². The normalized spacial score (nSPS) is 14.1. The van der Waals surface area contributed by atoms with Crippen LogP contribution in [-0.2, 0) is 11.3 Å². The van der Waals surface area contributed by atoms with Gasteiger partial charge in [-0.15, -0.1) is 11.3 Å². The van der Waals surface area contributed by atoms with Crippen molar-refractivity contribution in [2.75, 3.05) is 23.7 Å². The molecule has 0 spiro atoms. The number of hydrogen-bond donors (Lipinski definition) is 3. The molecule has 1 fully saturated rings. The number of carbonyl (C=O) groups is 3. The Morgan fingerprint density at radius 3 is 2.33 bits per heavy atom. The molecule has 1 aliphatic rings. The van der Waals surface area contributed by atoms with E-state index >= 15 is 0 Å². The molecule has 190 valence electrons. The molecule has 9 heteroatoms. The SMILES string of the molecule is Cc1cc(NC(=O)OC(C)(C)C)cc2c(C(N)=O)c(NC(=O)c3ccc(CN4CCCC4)cc3)sc12. The van der Waals surface area contributed by atoms with Crippen LogP contribution in [0.15, 0.2) is 36.4 Å². The largest absolute Gasteiger partial charge is 0.444 e. The summed E-state index contributed by atoms with van der Waals surface area (Å²) >= 11 is 1.28. The van der Waals surface area contributed by atoms with E-state index in [2.05, 4.69) is 15.5 Å². The molecule has 0 aliphatic carbocycles. The molecule has 4 N–H and O–H groups in total. The van der Waals surface area contributed by atoms with E-state index in [1.165, 1.54) is 24.2 Å². The average molecular weight is 509 g/mol. The van der Waals surface area contributed by atoms with Crippen LogP contribution in [0.5, 0.6) is 0 Å². The van der Waals surface area contributed by atoms with Crippen LogP contribution in [0.3, 0.4) is 0 Å². The third-order valence-corrected chi connectivity index (χ3v) is 7.17. The molecule has 4 rings (SSSR count). The second kappa shape index (κ2) is 10.3. The van der Waals surface area contributed by atoms with Gasteiger partial charge >= 0.3 is 6.09 Å². The van der Waals surface area contributed by atoms with Crippen molar-refractivity contribution in [1.29, 1.82) is 0 Å². The highest BCUT2D eigenvalue weighted by Crippen LogP contribution is 2.39. The maximum atomic E-state index is 13.0. The first-order valence-corrected chi connectivity index (χ1v) is 12.8. The summed E-state index contributed by atoms with van der Waals surface area (Å²) in [4.78, 5) is 40.1. The molecule has 3 amide bonds. The Kier molecular flexibility index (Phi) is 7.33. The molecule has 8 nitrogen and oxygen atoms in total. The summed E-state index contributed by atoms with van der Waals surface area (Å²) in [6.07, 6.45) is 1.87. The number of benzene rings is 2. The summed E-state index contributed by atoms with van der Waals surface area (Å²) in [6.45, 7) is 10.3. The van der Waals surface area contributed by atoms with Crippen molar-refractivity contribution in [2.24, 2.45) is 5.73 Å². The lowest BCUT2D eigenvalue weighted by molar-refractivity contribution is 0.0635. The molecule has 0 atom stereocenters. The highest BCUT2D eigenvalue weighted by molar-refractivity contribution is 7.23. The molecule has 0 bridgehead atoms. The summed E-state index contributed by atoms with van der Waals surface area (Å²) in [6, 6.07) is 11.0. The van der Waals surface area contributed by atoms with E-state index in [1.54, 1.807) is 45.0 Å². The van der Waals surface area contributed by atoms with Gasteiger partial charge in [-0.3, -0.25) is 19.8 Å². The van der Waals surface area contributed by atoms with Crippen LogP contribution in [-0.4, -0.2) is 41.5 Å². The van der Waals surface area contributed by atoms with Crippen molar-refractivity contribution in [2.45, 2.75) is 52.7 Å². The second-order valence-electron chi connectivity index (χ2n) is 10.1. The molecule has 0 unspecified atom stereocenters. The van der Waals surface area contributed by atoms with Gasteiger partial charge in [-0.05, 0) is 89.0 Å². The van der Waals surface area contributed by atoms with E-state index in [1.807, 2.05) is 19.1 Å². The number of likely N-dealkylation sites (tertiary alicyclic amines) is 1. The monoisotopic (exact) mass is 508 g/mol. The molecular weight excluding hydrogens is 476 g/mol. The van der Waals surface area contributed by atoms with Crippen molar-refractivity contribution in [3.8, 4) is 0 Å². The van der Waals surface area contributed by atoms with Gasteiger partial charge in [-0.1, -0.05) is 12.1 Å². The van der Waals surface area contributed by atoms with Gasteiger partial charge in [-0.25, -0.2) is 4.79 Å². The van der Waals surface area contributed by atoms with Gasteiger partial charge < -0.3 is 15.8 Å². The van der Waals surface area contributed by atoms with E-state index in [0.717, 1.165) is 35.5 Å². The molecule has 2 aromatic carbocycles. The predicted octanol–water partition coefficient (Wildman–Crippen LogP) is 5.50. The molecular formula is C27H32N4O4S. The zero-order valence-corrected chi connectivity index (χ0v) is 21.9. The Morgan fingerprint density at radius 2 is 1.72 bits per heavy atom. The Bertz CT molecular complexity index is 1300. The Hall–Kier alpha value is -3.43. The zero-order chi connectivity index (χ0) is 26.0. The van der Waals surface area contributed by atoms with Crippen molar-refractivity contribution in [3.05, 3.63) is 58.7 Å². The fourth-order valence-corrected chi connectivity index (χ4v) is 5.48. The van der Waals surface area contributed by atoms with Gasteiger partial charge in [0.15, 0.2) is 0 Å². The van der Waals surface area contributed by atoms with Gasteiger partial charge in [-0.2, -0.15) is 0 Å². The van der Waals surface area contributed by atoms with E-state index in [0.29, 0.717) is 21.6 Å². The summed E-state index contributed by atoms with van der Waals surface area (Å²) in [5.41, 5.74) is 8.25. The lowest BCUT2D eigenvalue weighted by atomic mass is 10.1. The number of primary amides is 1. The molecule has 0 radical (unpaired) electrons. The number of fused-ring (bicyclic) bond motifs is 1. The maximum absolute atomic E-state index is 13.0. The number of nitrogens with zero attached hydrogens (tertiary/aromatic N) is 1. The van der Waals surface area contributed by atoms with Gasteiger partial charge in [0.05, 0.1) is 5.56 Å². The number of aryl methyl sites for hydroxylation is 1. The first-order valence-electron chi connectivity index (χ1n) is 12.0. The van der Waals surface area contributed by atoms with E-state index in [4.69, 9.17) is 10.5 Å². The number of hydrogen-bond acceptors (Lipinski definition) is 6. The molecule has 36 heavy (non-hydrogen) atoms. The number of rotatable bonds is 6. The minimum absolute atomic E-state index is 0.213. The standard InChI is InChI=1S/C27H32N4O4S/c1-16-13-19(29-26(34)35-27(2,3)4)14-20-21(23(28)32)25(36-22(16)20)30-24(33)18-9-7-17(8-10-18)15-31-11-5-6-12-31/h7-10,13-14H,5-6,11-12,15H2,1-4H3,(H2,28,32)(H,29,34)(H,30,33).